The number of hydrogen-bond acceptors (Lipinski definition) is 3. The van der Waals surface area contributed by atoms with Crippen molar-refractivity contribution < 1.29 is 14.3 Å². The number of amides is 3. The van der Waals surface area contributed by atoms with Crippen molar-refractivity contribution in [2.45, 2.75) is 37.3 Å². The predicted molar refractivity (Wildman–Crippen MR) is 51.2 cm³/mol. The lowest BCUT2D eigenvalue weighted by Gasteiger charge is -2.32. The van der Waals surface area contributed by atoms with E-state index in [4.69, 9.17) is 4.74 Å². The van der Waals surface area contributed by atoms with E-state index in [-0.39, 0.29) is 18.0 Å². The molecule has 15 heavy (non-hydrogen) atoms. The van der Waals surface area contributed by atoms with Gasteiger partial charge in [0.2, 0.25) is 0 Å². The lowest BCUT2D eigenvalue weighted by Crippen LogP contribution is -2.49. The van der Waals surface area contributed by atoms with Crippen LogP contribution in [0.3, 0.4) is 0 Å². The van der Waals surface area contributed by atoms with Gasteiger partial charge in [0.25, 0.3) is 5.91 Å². The summed E-state index contributed by atoms with van der Waals surface area (Å²) in [6.07, 6.45) is 3.64. The largest absolute Gasteiger partial charge is 0.378 e. The van der Waals surface area contributed by atoms with Crippen LogP contribution in [-0.2, 0) is 9.53 Å². The van der Waals surface area contributed by atoms with Crippen LogP contribution in [0.5, 0.6) is 0 Å². The Kier molecular flexibility index (Phi) is 1.80. The van der Waals surface area contributed by atoms with Gasteiger partial charge in [-0.2, -0.15) is 0 Å². The van der Waals surface area contributed by atoms with Crippen molar-refractivity contribution in [3.05, 3.63) is 0 Å². The quantitative estimate of drug-likeness (QED) is 0.631. The number of hydrogen-bond donors (Lipinski definition) is 1. The summed E-state index contributed by atoms with van der Waals surface area (Å²) in [6, 6.07) is -0.0901. The number of carbonyl (C=O) groups excluding carboxylic acids is 2. The van der Waals surface area contributed by atoms with E-state index in [1.54, 1.807) is 0 Å². The molecule has 3 amide bonds. The van der Waals surface area contributed by atoms with Crippen LogP contribution in [0.25, 0.3) is 0 Å². The molecule has 5 nitrogen and oxygen atoms in total. The minimum absolute atomic E-state index is 0.0744. The third-order valence-electron chi connectivity index (χ3n) is 3.65. The van der Waals surface area contributed by atoms with Gasteiger partial charge in [-0.1, -0.05) is 0 Å². The molecular formula is C10H14N2O3. The molecule has 82 valence electrons. The maximum absolute atomic E-state index is 12.1. The first-order chi connectivity index (χ1) is 7.23. The molecule has 5 heteroatoms. The van der Waals surface area contributed by atoms with Gasteiger partial charge < -0.3 is 10.1 Å². The minimum atomic E-state index is -0.729. The molecule has 0 aromatic heterocycles. The summed E-state index contributed by atoms with van der Waals surface area (Å²) in [5.41, 5.74) is -0.729. The first-order valence-corrected chi connectivity index (χ1v) is 5.46. The van der Waals surface area contributed by atoms with Gasteiger partial charge in [0.15, 0.2) is 0 Å². The van der Waals surface area contributed by atoms with E-state index in [1.807, 2.05) is 0 Å². The zero-order chi connectivity index (χ0) is 10.5. The molecule has 2 saturated heterocycles. The molecule has 1 N–H and O–H groups in total. The van der Waals surface area contributed by atoms with Gasteiger partial charge in [-0.05, 0) is 19.3 Å². The van der Waals surface area contributed by atoms with E-state index in [1.165, 1.54) is 4.90 Å². The Balaban J connectivity index is 1.86. The summed E-state index contributed by atoms with van der Waals surface area (Å²) in [6.45, 7) is 0.894. The van der Waals surface area contributed by atoms with Gasteiger partial charge in [0.05, 0.1) is 6.61 Å². The normalized spacial score (nSPS) is 36.1. The number of carbonyl (C=O) groups is 2. The van der Waals surface area contributed by atoms with E-state index in [2.05, 4.69) is 5.32 Å². The van der Waals surface area contributed by atoms with Gasteiger partial charge in [-0.15, -0.1) is 0 Å². The molecule has 1 atom stereocenters. The maximum Gasteiger partial charge on any atom is 0.325 e. The van der Waals surface area contributed by atoms with Crippen LogP contribution in [0.1, 0.15) is 25.7 Å². The van der Waals surface area contributed by atoms with Crippen LogP contribution >= 0.6 is 0 Å². The molecule has 0 aromatic carbocycles. The summed E-state index contributed by atoms with van der Waals surface area (Å²) >= 11 is 0. The Hall–Kier alpha value is -1.10. The van der Waals surface area contributed by atoms with E-state index >= 15 is 0 Å². The van der Waals surface area contributed by atoms with Gasteiger partial charge in [-0.25, -0.2) is 4.79 Å². The van der Waals surface area contributed by atoms with Crippen molar-refractivity contribution in [2.24, 2.45) is 0 Å². The third kappa shape index (κ3) is 1.13. The molecule has 3 rings (SSSR count). The Morgan fingerprint density at radius 1 is 1.40 bits per heavy atom. The maximum atomic E-state index is 12.1. The molecule has 2 aliphatic heterocycles. The summed E-state index contributed by atoms with van der Waals surface area (Å²) in [5, 5.41) is 2.79. The highest BCUT2D eigenvalue weighted by atomic mass is 16.5. The fourth-order valence-electron chi connectivity index (χ4n) is 2.45. The van der Waals surface area contributed by atoms with Crippen LogP contribution in [0.15, 0.2) is 0 Å². The number of rotatable bonds is 1. The van der Waals surface area contributed by atoms with Crippen molar-refractivity contribution >= 4 is 11.9 Å². The zero-order valence-corrected chi connectivity index (χ0v) is 8.49. The van der Waals surface area contributed by atoms with Crippen LogP contribution in [-0.4, -0.2) is 41.6 Å². The molecule has 3 aliphatic rings. The summed E-state index contributed by atoms with van der Waals surface area (Å²) in [7, 11) is 0. The molecule has 1 saturated carbocycles. The van der Waals surface area contributed by atoms with Gasteiger partial charge in [0.1, 0.15) is 5.54 Å². The van der Waals surface area contributed by atoms with Crippen LogP contribution in [0.2, 0.25) is 0 Å². The predicted octanol–water partition coefficient (Wildman–Crippen LogP) is 0.250. The van der Waals surface area contributed by atoms with E-state index in [0.717, 1.165) is 19.3 Å². The average Bonchev–Trinajstić information content (AvgIpc) is 2.66. The zero-order valence-electron chi connectivity index (χ0n) is 8.49. The smallest absolute Gasteiger partial charge is 0.325 e. The van der Waals surface area contributed by atoms with Gasteiger partial charge in [-0.3, -0.25) is 9.69 Å². The number of urea groups is 1. The monoisotopic (exact) mass is 210 g/mol. The standard InChI is InChI=1S/C10H14N2O3/c13-8-10(4-5-15-6-10)11-9(14)12(8)7-2-1-3-7/h7H,1-6H2,(H,11,14). The van der Waals surface area contributed by atoms with Crippen LogP contribution in [0, 0.1) is 0 Å². The number of nitrogens with zero attached hydrogens (tertiary/aromatic N) is 1. The fourth-order valence-corrected chi connectivity index (χ4v) is 2.45. The second kappa shape index (κ2) is 2.95. The van der Waals surface area contributed by atoms with Crippen molar-refractivity contribution in [1.82, 2.24) is 10.2 Å². The molecule has 1 spiro atoms. The Labute approximate surface area is 87.8 Å². The Bertz CT molecular complexity index is 319. The van der Waals surface area contributed by atoms with Crippen molar-refractivity contribution in [3.8, 4) is 0 Å². The highest BCUT2D eigenvalue weighted by Gasteiger charge is 2.55. The van der Waals surface area contributed by atoms with E-state index in [9.17, 15) is 9.59 Å². The van der Waals surface area contributed by atoms with E-state index < -0.39 is 5.54 Å². The Morgan fingerprint density at radius 3 is 2.73 bits per heavy atom. The second-order valence-corrected chi connectivity index (χ2v) is 4.57. The molecule has 0 bridgehead atoms. The van der Waals surface area contributed by atoms with Gasteiger partial charge in [0, 0.05) is 19.1 Å². The van der Waals surface area contributed by atoms with Crippen LogP contribution < -0.4 is 5.32 Å². The first-order valence-electron chi connectivity index (χ1n) is 5.46. The first kappa shape index (κ1) is 9.15. The second-order valence-electron chi connectivity index (χ2n) is 4.57. The summed E-state index contributed by atoms with van der Waals surface area (Å²) in [5.74, 6) is -0.0744. The topological polar surface area (TPSA) is 58.6 Å². The summed E-state index contributed by atoms with van der Waals surface area (Å²) in [4.78, 5) is 25.3. The molecule has 0 radical (unpaired) electrons. The fraction of sp³-hybridized carbons (Fsp3) is 0.800. The van der Waals surface area contributed by atoms with Crippen molar-refractivity contribution in [2.75, 3.05) is 13.2 Å². The number of imide groups is 1. The molecule has 0 aromatic rings. The average molecular weight is 210 g/mol. The van der Waals surface area contributed by atoms with Gasteiger partial charge >= 0.3 is 6.03 Å². The lowest BCUT2D eigenvalue weighted by molar-refractivity contribution is -0.134. The molecule has 3 fully saturated rings. The molecule has 1 unspecified atom stereocenters. The highest BCUT2D eigenvalue weighted by molar-refractivity contribution is 6.07. The minimum Gasteiger partial charge on any atom is -0.378 e. The lowest BCUT2D eigenvalue weighted by atomic mass is 9.90. The third-order valence-corrected chi connectivity index (χ3v) is 3.65. The SMILES string of the molecule is O=C1NC2(CCOC2)C(=O)N1C1CCC1. The Morgan fingerprint density at radius 2 is 2.20 bits per heavy atom. The molecular weight excluding hydrogens is 196 g/mol. The number of nitrogens with one attached hydrogen (secondary N) is 1. The summed E-state index contributed by atoms with van der Waals surface area (Å²) < 4.78 is 5.22. The van der Waals surface area contributed by atoms with E-state index in [0.29, 0.717) is 19.6 Å². The molecule has 2 heterocycles. The van der Waals surface area contributed by atoms with Crippen LogP contribution in [0.4, 0.5) is 4.79 Å². The molecule has 1 aliphatic carbocycles. The number of ether oxygens (including phenoxy) is 1. The van der Waals surface area contributed by atoms with Crippen molar-refractivity contribution in [1.29, 1.82) is 0 Å². The van der Waals surface area contributed by atoms with Crippen molar-refractivity contribution in [3.63, 3.8) is 0 Å². The highest BCUT2D eigenvalue weighted by Crippen LogP contribution is 2.33.